The molecule has 0 heterocycles. The lowest BCUT2D eigenvalue weighted by Gasteiger charge is -2.32. The number of benzene rings is 2. The van der Waals surface area contributed by atoms with Crippen LogP contribution in [0.3, 0.4) is 0 Å². The van der Waals surface area contributed by atoms with Crippen molar-refractivity contribution in [3.05, 3.63) is 65.2 Å². The fourth-order valence-corrected chi connectivity index (χ4v) is 4.40. The molecule has 33 heavy (non-hydrogen) atoms. The molecular formula is C25H35N3O4S. The van der Waals surface area contributed by atoms with Crippen molar-refractivity contribution >= 4 is 27.5 Å². The lowest BCUT2D eigenvalue weighted by atomic mass is 10.1. The molecule has 0 aromatic heterocycles. The highest BCUT2D eigenvalue weighted by Crippen LogP contribution is 2.23. The first kappa shape index (κ1) is 26.4. The van der Waals surface area contributed by atoms with Crippen molar-refractivity contribution in [3.63, 3.8) is 0 Å². The average Bonchev–Trinajstić information content (AvgIpc) is 2.75. The number of sulfonamides is 1. The molecule has 0 unspecified atom stereocenters. The number of aryl methyl sites for hydroxylation is 2. The van der Waals surface area contributed by atoms with Gasteiger partial charge in [-0.1, -0.05) is 55.0 Å². The van der Waals surface area contributed by atoms with Crippen molar-refractivity contribution in [3.8, 4) is 0 Å². The van der Waals surface area contributed by atoms with Crippen LogP contribution in [-0.2, 0) is 26.2 Å². The summed E-state index contributed by atoms with van der Waals surface area (Å²) in [6.45, 7) is 9.10. The summed E-state index contributed by atoms with van der Waals surface area (Å²) >= 11 is 0. The SMILES string of the molecule is CC[C@H](C)NC(=O)[C@@H](C)N(Cc1cccc(C)c1)C(=O)CN(c1ccccc1C)S(C)(=O)=O. The summed E-state index contributed by atoms with van der Waals surface area (Å²) in [5.41, 5.74) is 3.09. The van der Waals surface area contributed by atoms with Gasteiger partial charge in [0, 0.05) is 12.6 Å². The second-order valence-electron chi connectivity index (χ2n) is 8.56. The number of rotatable bonds is 10. The van der Waals surface area contributed by atoms with Gasteiger partial charge in [0.2, 0.25) is 21.8 Å². The van der Waals surface area contributed by atoms with Crippen molar-refractivity contribution in [1.82, 2.24) is 10.2 Å². The third-order valence-corrected chi connectivity index (χ3v) is 6.79. The van der Waals surface area contributed by atoms with Gasteiger partial charge in [-0.05, 0) is 51.3 Å². The van der Waals surface area contributed by atoms with Crippen LogP contribution in [0, 0.1) is 13.8 Å². The van der Waals surface area contributed by atoms with Gasteiger partial charge in [-0.25, -0.2) is 8.42 Å². The molecule has 0 saturated carbocycles. The minimum Gasteiger partial charge on any atom is -0.352 e. The molecule has 7 nitrogen and oxygen atoms in total. The standard InChI is InChI=1S/C25H35N3O4S/c1-7-20(4)26-25(30)21(5)27(16-22-13-10-11-18(2)15-22)24(29)17-28(33(6,31)32)23-14-9-8-12-19(23)3/h8-15,20-21H,7,16-17H2,1-6H3,(H,26,30)/t20-,21+/m0/s1. The van der Waals surface area contributed by atoms with Crippen molar-refractivity contribution < 1.29 is 18.0 Å². The molecule has 2 aromatic rings. The fourth-order valence-electron chi connectivity index (χ4n) is 3.49. The summed E-state index contributed by atoms with van der Waals surface area (Å²) in [4.78, 5) is 27.8. The Kier molecular flexibility index (Phi) is 9.05. The zero-order chi connectivity index (χ0) is 24.8. The Morgan fingerprint density at radius 1 is 1.03 bits per heavy atom. The lowest BCUT2D eigenvalue weighted by Crippen LogP contribution is -2.52. The minimum atomic E-state index is -3.73. The van der Waals surface area contributed by atoms with E-state index in [9.17, 15) is 18.0 Å². The highest BCUT2D eigenvalue weighted by Gasteiger charge is 2.30. The molecule has 0 bridgehead atoms. The van der Waals surface area contributed by atoms with Gasteiger partial charge in [-0.3, -0.25) is 13.9 Å². The number of nitrogens with zero attached hydrogens (tertiary/aromatic N) is 2. The molecule has 0 saturated heterocycles. The van der Waals surface area contributed by atoms with Crippen LogP contribution in [0.15, 0.2) is 48.5 Å². The zero-order valence-electron chi connectivity index (χ0n) is 20.3. The second-order valence-corrected chi connectivity index (χ2v) is 10.5. The molecule has 0 radical (unpaired) electrons. The number of nitrogens with one attached hydrogen (secondary N) is 1. The van der Waals surface area contributed by atoms with Gasteiger partial charge < -0.3 is 10.2 Å². The molecule has 2 amide bonds. The Bertz CT molecular complexity index is 1080. The van der Waals surface area contributed by atoms with Crippen LogP contribution < -0.4 is 9.62 Å². The molecule has 8 heteroatoms. The average molecular weight is 474 g/mol. The number of hydrogen-bond donors (Lipinski definition) is 1. The molecule has 2 aromatic carbocycles. The Morgan fingerprint density at radius 2 is 1.70 bits per heavy atom. The Morgan fingerprint density at radius 3 is 2.27 bits per heavy atom. The van der Waals surface area contributed by atoms with Crippen LogP contribution >= 0.6 is 0 Å². The summed E-state index contributed by atoms with van der Waals surface area (Å²) in [7, 11) is -3.73. The van der Waals surface area contributed by atoms with Gasteiger partial charge in [0.25, 0.3) is 0 Å². The number of hydrogen-bond acceptors (Lipinski definition) is 4. The van der Waals surface area contributed by atoms with E-state index in [2.05, 4.69) is 5.32 Å². The normalized spacial score (nSPS) is 13.2. The van der Waals surface area contributed by atoms with Crippen LogP contribution in [0.4, 0.5) is 5.69 Å². The minimum absolute atomic E-state index is 0.0321. The molecule has 2 rings (SSSR count). The van der Waals surface area contributed by atoms with Crippen LogP contribution in [-0.4, -0.2) is 50.0 Å². The molecule has 0 spiro atoms. The molecule has 180 valence electrons. The van der Waals surface area contributed by atoms with Crippen LogP contribution in [0.5, 0.6) is 0 Å². The summed E-state index contributed by atoms with van der Waals surface area (Å²) < 4.78 is 26.3. The van der Waals surface area contributed by atoms with Gasteiger partial charge in [0.05, 0.1) is 11.9 Å². The van der Waals surface area contributed by atoms with E-state index in [4.69, 9.17) is 0 Å². The Balaban J connectivity index is 2.40. The maximum Gasteiger partial charge on any atom is 0.244 e. The third-order valence-electron chi connectivity index (χ3n) is 5.67. The number of para-hydroxylation sites is 1. The monoisotopic (exact) mass is 473 g/mol. The Labute approximate surface area is 197 Å². The van der Waals surface area contributed by atoms with Crippen LogP contribution in [0.1, 0.15) is 43.9 Å². The molecule has 1 N–H and O–H groups in total. The predicted molar refractivity (Wildman–Crippen MR) is 132 cm³/mol. The number of anilines is 1. The predicted octanol–water partition coefficient (Wildman–Crippen LogP) is 3.40. The van der Waals surface area contributed by atoms with E-state index in [1.807, 2.05) is 51.1 Å². The van der Waals surface area contributed by atoms with E-state index in [-0.39, 0.29) is 18.5 Å². The second kappa shape index (κ2) is 11.3. The Hall–Kier alpha value is -2.87. The number of carbonyl (C=O) groups excluding carboxylic acids is 2. The van der Waals surface area contributed by atoms with E-state index in [0.717, 1.165) is 33.7 Å². The maximum absolute atomic E-state index is 13.5. The molecule has 0 aliphatic rings. The number of amides is 2. The lowest BCUT2D eigenvalue weighted by molar-refractivity contribution is -0.139. The van der Waals surface area contributed by atoms with Gasteiger partial charge in [0.1, 0.15) is 12.6 Å². The van der Waals surface area contributed by atoms with E-state index in [1.165, 1.54) is 4.90 Å². The van der Waals surface area contributed by atoms with Crippen LogP contribution in [0.25, 0.3) is 0 Å². The molecule has 0 aliphatic heterocycles. The van der Waals surface area contributed by atoms with E-state index in [1.54, 1.807) is 32.0 Å². The van der Waals surface area contributed by atoms with Crippen LogP contribution in [0.2, 0.25) is 0 Å². The highest BCUT2D eigenvalue weighted by atomic mass is 32.2. The first-order chi connectivity index (χ1) is 15.4. The van der Waals surface area contributed by atoms with Gasteiger partial charge in [-0.15, -0.1) is 0 Å². The van der Waals surface area contributed by atoms with Gasteiger partial charge >= 0.3 is 0 Å². The fraction of sp³-hybridized carbons (Fsp3) is 0.440. The summed E-state index contributed by atoms with van der Waals surface area (Å²) in [5, 5.41) is 2.92. The van der Waals surface area contributed by atoms with Crippen molar-refractivity contribution in [2.75, 3.05) is 17.1 Å². The van der Waals surface area contributed by atoms with Crippen molar-refractivity contribution in [1.29, 1.82) is 0 Å². The van der Waals surface area contributed by atoms with Crippen molar-refractivity contribution in [2.45, 2.75) is 59.7 Å². The third kappa shape index (κ3) is 7.32. The molecule has 0 aliphatic carbocycles. The molecule has 2 atom stereocenters. The molecular weight excluding hydrogens is 438 g/mol. The van der Waals surface area contributed by atoms with E-state index < -0.39 is 28.5 Å². The highest BCUT2D eigenvalue weighted by molar-refractivity contribution is 7.92. The van der Waals surface area contributed by atoms with Crippen molar-refractivity contribution in [2.24, 2.45) is 0 Å². The topological polar surface area (TPSA) is 86.8 Å². The zero-order valence-corrected chi connectivity index (χ0v) is 21.1. The summed E-state index contributed by atoms with van der Waals surface area (Å²) in [5.74, 6) is -0.718. The van der Waals surface area contributed by atoms with E-state index >= 15 is 0 Å². The number of carbonyl (C=O) groups is 2. The van der Waals surface area contributed by atoms with Gasteiger partial charge in [0.15, 0.2) is 0 Å². The smallest absolute Gasteiger partial charge is 0.244 e. The molecule has 0 fully saturated rings. The first-order valence-electron chi connectivity index (χ1n) is 11.1. The van der Waals surface area contributed by atoms with E-state index in [0.29, 0.717) is 5.69 Å². The maximum atomic E-state index is 13.5. The quantitative estimate of drug-likeness (QED) is 0.573. The summed E-state index contributed by atoms with van der Waals surface area (Å²) in [6, 6.07) is 13.9. The largest absolute Gasteiger partial charge is 0.352 e. The first-order valence-corrected chi connectivity index (χ1v) is 13.0. The summed E-state index contributed by atoms with van der Waals surface area (Å²) in [6.07, 6.45) is 1.84. The van der Waals surface area contributed by atoms with Gasteiger partial charge in [-0.2, -0.15) is 0 Å².